The molecule has 0 bridgehead atoms. The van der Waals surface area contributed by atoms with E-state index in [1.165, 1.54) is 40.6 Å². The monoisotopic (exact) mass is 1700 g/mol. The van der Waals surface area contributed by atoms with E-state index >= 15 is 0 Å². The van der Waals surface area contributed by atoms with Gasteiger partial charge < -0.3 is 48.5 Å². The van der Waals surface area contributed by atoms with E-state index in [2.05, 4.69) is 34.3 Å². The zero-order chi connectivity index (χ0) is 89.0. The number of nitrogens with one attached hydrogen (secondary N) is 7. The van der Waals surface area contributed by atoms with Crippen molar-refractivity contribution in [2.45, 2.75) is 128 Å². The maximum atomic E-state index is 12.8. The van der Waals surface area contributed by atoms with E-state index in [-0.39, 0.29) is 24.8 Å². The van der Waals surface area contributed by atoms with Gasteiger partial charge in [0.25, 0.3) is 0 Å². The molecule has 0 saturated heterocycles. The maximum Gasteiger partial charge on any atom is 0.317 e. The molecule has 0 radical (unpaired) electrons. The first-order chi connectivity index (χ1) is 60.0. The molecule has 124 heavy (non-hydrogen) atoms. The Labute approximate surface area is 719 Å². The fourth-order valence-electron chi connectivity index (χ4n) is 15.7. The van der Waals surface area contributed by atoms with E-state index in [1.54, 1.807) is 89.9 Å². The minimum Gasteiger partial charge on any atom is -0.493 e. The summed E-state index contributed by atoms with van der Waals surface area (Å²) in [5.74, 6) is 8.63. The molecule has 7 aromatic carbocycles. The Morgan fingerprint density at radius 2 is 0.774 bits per heavy atom. The largest absolute Gasteiger partial charge is 0.493 e. The third kappa shape index (κ3) is 23.5. The van der Waals surface area contributed by atoms with Gasteiger partial charge in [0.1, 0.15) is 66.0 Å². The van der Waals surface area contributed by atoms with E-state index in [0.717, 1.165) is 58.6 Å². The Bertz CT molecular complexity index is 4990. The predicted molar refractivity (Wildman–Crippen MR) is 447 cm³/mol. The number of carbonyl (C=O) groups excluding carboxylic acids is 10. The molecule has 656 valence electrons. The molecule has 12 N–H and O–H groups in total. The Kier molecular flexibility index (Phi) is 33.0. The number of esters is 3. The zero-order valence-electron chi connectivity index (χ0n) is 70.1. The smallest absolute Gasteiger partial charge is 0.317 e. The molecule has 0 aromatic heterocycles. The van der Waals surface area contributed by atoms with Crippen LogP contribution in [0.4, 0.5) is 0 Å². The molecule has 10 atom stereocenters. The summed E-state index contributed by atoms with van der Waals surface area (Å²) >= 11 is 0. The van der Waals surface area contributed by atoms with Crippen LogP contribution < -0.4 is 61.7 Å². The fourth-order valence-corrected chi connectivity index (χ4v) is 15.7. The number of amides is 7. The average Bonchev–Trinajstić information content (AvgIpc) is 1.56. The number of carbonyl (C=O) groups is 10. The molecule has 7 aliphatic rings. The highest BCUT2D eigenvalue weighted by atomic mass is 16.5. The molecule has 0 unspecified atom stereocenters. The average molecular weight is 1700 g/mol. The summed E-state index contributed by atoms with van der Waals surface area (Å²) < 4.78 is 42.9. The second-order valence-electron chi connectivity index (χ2n) is 31.7. The molecule has 7 aromatic rings. The van der Waals surface area contributed by atoms with Gasteiger partial charge >= 0.3 is 17.9 Å². The van der Waals surface area contributed by atoms with Crippen LogP contribution in [0.5, 0.6) is 28.7 Å². The van der Waals surface area contributed by atoms with Gasteiger partial charge in [-0.05, 0) is 195 Å². The first kappa shape index (κ1) is 93.4. The predicted octanol–water partition coefficient (Wildman–Crippen LogP) is 9.44. The van der Waals surface area contributed by atoms with Gasteiger partial charge in [0.2, 0.25) is 41.4 Å². The minimum atomic E-state index is -1.07. The Morgan fingerprint density at radius 3 is 1.17 bits per heavy atom. The quantitative estimate of drug-likeness (QED) is 0.00598. The van der Waals surface area contributed by atoms with Crippen molar-refractivity contribution in [1.82, 2.24) is 38.0 Å². The van der Waals surface area contributed by atoms with Crippen molar-refractivity contribution in [2.75, 3.05) is 54.7 Å². The topological polar surface area (TPSA) is 430 Å². The lowest BCUT2D eigenvalue weighted by molar-refractivity contribution is -0.149. The summed E-state index contributed by atoms with van der Waals surface area (Å²) in [5, 5.41) is 49.9. The molecule has 7 aliphatic carbocycles. The lowest BCUT2D eigenvalue weighted by Gasteiger charge is -2.25. The number of hydrogen-bond acceptors (Lipinski definition) is 23. The van der Waals surface area contributed by atoms with Crippen LogP contribution in [0.25, 0.3) is 0 Å². The molecule has 0 heterocycles. The second kappa shape index (κ2) is 43.8. The van der Waals surface area contributed by atoms with Crippen molar-refractivity contribution < 1.29 is 112 Å². The highest BCUT2D eigenvalue weighted by molar-refractivity contribution is 6.00. The zero-order valence-corrected chi connectivity index (χ0v) is 70.1. The molecule has 0 spiro atoms. The van der Waals surface area contributed by atoms with Gasteiger partial charge in [-0.3, -0.25) is 74.0 Å². The molecule has 30 nitrogen and oxygen atoms in total. The summed E-state index contributed by atoms with van der Waals surface area (Å²) in [6.45, 7) is 6.59. The molecule has 7 saturated carbocycles. The van der Waals surface area contributed by atoms with E-state index < -0.39 is 104 Å². The van der Waals surface area contributed by atoms with Crippen LogP contribution in [0, 0.1) is 81.4 Å². The second-order valence-corrected chi connectivity index (χ2v) is 31.7. The highest BCUT2D eigenvalue weighted by Crippen LogP contribution is 2.60. The standard InChI is InChI=1S/C23H26N2O4.C20H22N2O4.C18H21NO5.C17H21NO5.C16H17NO5/c26-21(25-28)20-13-23(20,22(27)24-14-17-6-7-17)12-16-8-10-19(11-9-16)29-15-18-4-2-1-3-5-18;1-21-19(24)20(12-17(20)18(23)22-25)11-14-7-9-16(10-8-14)26-13-15-5-3-2-4-6-15;1-3-4-5-10-24-14-8-6-13(7-9-14)11-18(17(21)23-2)12-15(18)16(20)19-22;1-22-16(20)17(9-14(17)15(19)18-21)12-6-3-7-13(8-12)23-10-11-4-2-5-11;1-3-4-8-22-12-7-5-6-11(9-12)16(15(19)21-2)10-13(16)14(18)17-20/h1-5,8-11,17,20,28H,6-7,12-15H2,(H,24,27)(H,25,26);2-10,17,25H,11-13H2,1H3,(H,21,24)(H,22,23);6-9,15,22H,3,10-12H2,1-2H3,(H,19,20);3,6-8,11,14,21H,2,4-5,9-10H2,1H3,(H,18,19);5-7,9,13,20H,8,10H2,1-2H3,(H,17,18)/t20-,23+;17-,20+;15-,18+;14-,17-;13-,16-/m11100/s1. The number of hydroxylamine groups is 5. The van der Waals surface area contributed by atoms with Crippen LogP contribution in [0.15, 0.2) is 182 Å². The van der Waals surface area contributed by atoms with Crippen molar-refractivity contribution in [3.8, 4) is 52.4 Å². The molecule has 7 fully saturated rings. The fraction of sp³-hybridized carbons (Fsp3) is 0.404. The van der Waals surface area contributed by atoms with Gasteiger partial charge in [-0.15, -0.1) is 11.8 Å². The number of rotatable bonds is 33. The summed E-state index contributed by atoms with van der Waals surface area (Å²) in [6, 6.07) is 56.4. The summed E-state index contributed by atoms with van der Waals surface area (Å²) in [4.78, 5) is 120. The number of hydrogen-bond donors (Lipinski definition) is 12. The van der Waals surface area contributed by atoms with Crippen LogP contribution in [0.3, 0.4) is 0 Å². The van der Waals surface area contributed by atoms with Gasteiger partial charge in [0, 0.05) is 20.0 Å². The summed E-state index contributed by atoms with van der Waals surface area (Å²) in [6.07, 6.45) is 9.84. The molecule has 0 aliphatic heterocycles. The van der Waals surface area contributed by atoms with Crippen molar-refractivity contribution in [3.63, 3.8) is 0 Å². The first-order valence-electron chi connectivity index (χ1n) is 41.0. The molecule has 14 rings (SSSR count). The first-order valence-corrected chi connectivity index (χ1v) is 41.0. The highest BCUT2D eigenvalue weighted by Gasteiger charge is 2.68. The minimum absolute atomic E-state index is 0.0950. The third-order valence-electron chi connectivity index (χ3n) is 23.7. The van der Waals surface area contributed by atoms with E-state index in [4.69, 9.17) is 63.9 Å². The maximum absolute atomic E-state index is 12.8. The molecule has 30 heteroatoms. The SMILES string of the molecule is CC#CCOc1cccc([C@@]2(C(=O)OC)C[C@H]2C(=O)NO)c1.CCC#CCOc1ccc(C[C@]2(C(=O)OC)C[C@@H]2C(=O)NO)cc1.CNC(=O)[C@@]1(Cc2ccc(OCc3ccccc3)cc2)C[C@@H]1C(=O)NO.COC(=O)[C@]1(c2cccc(OCC3CCC3)c2)C[C@H]1C(=O)NO.O=C(NO)[C@H]1C[C@]1(Cc1ccc(OCc2ccccc2)cc1)C(=O)NCC1CC1. The molecular formula is C94H107N7O23. The lowest BCUT2D eigenvalue weighted by Crippen LogP contribution is -2.38. The molecule has 7 amide bonds. The Hall–Kier alpha value is -12.8. The van der Waals surface area contributed by atoms with Crippen LogP contribution >= 0.6 is 0 Å². The normalized spacial score (nSPS) is 22.5. The van der Waals surface area contributed by atoms with Crippen molar-refractivity contribution in [3.05, 3.63) is 221 Å². The van der Waals surface area contributed by atoms with Gasteiger partial charge in [-0.1, -0.05) is 147 Å². The van der Waals surface area contributed by atoms with Crippen molar-refractivity contribution in [1.29, 1.82) is 0 Å². The molecular weight excluding hydrogens is 1600 g/mol. The lowest BCUT2D eigenvalue weighted by atomic mass is 9.86. The summed E-state index contributed by atoms with van der Waals surface area (Å²) in [5.41, 5.74) is 9.87. The number of ether oxygens (including phenoxy) is 8. The summed E-state index contributed by atoms with van der Waals surface area (Å²) in [7, 11) is 5.42. The van der Waals surface area contributed by atoms with E-state index in [0.29, 0.717) is 118 Å². The van der Waals surface area contributed by atoms with E-state index in [9.17, 15) is 47.9 Å². The van der Waals surface area contributed by atoms with Gasteiger partial charge in [0.05, 0.1) is 73.8 Å². The third-order valence-corrected chi connectivity index (χ3v) is 23.7. The van der Waals surface area contributed by atoms with Crippen LogP contribution in [-0.4, -0.2) is 140 Å². The van der Waals surface area contributed by atoms with Crippen molar-refractivity contribution in [2.24, 2.45) is 57.7 Å². The van der Waals surface area contributed by atoms with Crippen molar-refractivity contribution >= 4 is 59.3 Å². The number of benzene rings is 7. The van der Waals surface area contributed by atoms with Gasteiger partial charge in [-0.2, -0.15) is 0 Å². The Balaban J connectivity index is 0.000000163. The van der Waals surface area contributed by atoms with Gasteiger partial charge in [-0.25, -0.2) is 27.4 Å². The van der Waals surface area contributed by atoms with E-state index in [1.807, 2.05) is 140 Å². The van der Waals surface area contributed by atoms with Crippen LogP contribution in [0.1, 0.15) is 123 Å². The van der Waals surface area contributed by atoms with Crippen LogP contribution in [0.2, 0.25) is 0 Å². The van der Waals surface area contributed by atoms with Gasteiger partial charge in [0.15, 0.2) is 0 Å². The number of methoxy groups -OCH3 is 3. The van der Waals surface area contributed by atoms with Crippen LogP contribution in [-0.2, 0) is 105 Å². The Morgan fingerprint density at radius 1 is 0.387 bits per heavy atom.